The molecule has 0 aromatic carbocycles. The van der Waals surface area contributed by atoms with E-state index in [9.17, 15) is 23.1 Å². The second-order valence-corrected chi connectivity index (χ2v) is 11.8. The minimum Gasteiger partial charge on any atom is -0.488 e. The van der Waals surface area contributed by atoms with Gasteiger partial charge in [-0.25, -0.2) is 4.52 Å². The minimum atomic E-state index is -5.12. The normalized spacial score (nSPS) is 20.8. The zero-order chi connectivity index (χ0) is 30.5. The number of piperidine rings is 1. The molecule has 6 rings (SSSR count). The van der Waals surface area contributed by atoms with Gasteiger partial charge in [-0.05, 0) is 44.5 Å². The maximum absolute atomic E-state index is 13.3. The average molecular weight is 600 g/mol. The number of Topliss-reactive ketones (excluding diaryl/α,β-unsaturated/α-hetero) is 1. The Morgan fingerprint density at radius 3 is 2.63 bits per heavy atom. The summed E-state index contributed by atoms with van der Waals surface area (Å²) < 4.78 is 54.8. The molecule has 4 aromatic heterocycles. The molecule has 2 aliphatic rings. The second-order valence-electron chi connectivity index (χ2n) is 11.8. The molecule has 228 valence electrons. The number of carbonyl (C=O) groups is 1. The molecule has 2 saturated heterocycles. The highest BCUT2D eigenvalue weighted by Crippen LogP contribution is 2.34. The lowest BCUT2D eigenvalue weighted by Crippen LogP contribution is -2.56. The van der Waals surface area contributed by atoms with Crippen molar-refractivity contribution in [3.05, 3.63) is 54.2 Å². The van der Waals surface area contributed by atoms with Crippen LogP contribution in [-0.2, 0) is 11.3 Å². The fraction of sp³-hybridized carbons (Fsp3) is 0.448. The topological polar surface area (TPSA) is 128 Å². The van der Waals surface area contributed by atoms with E-state index in [-0.39, 0.29) is 36.2 Å². The summed E-state index contributed by atoms with van der Waals surface area (Å²) in [5.74, 6) is -1.23. The van der Waals surface area contributed by atoms with Crippen LogP contribution in [0.5, 0.6) is 5.75 Å². The Morgan fingerprint density at radius 2 is 1.93 bits per heavy atom. The molecule has 0 radical (unpaired) electrons. The molecule has 0 spiro atoms. The van der Waals surface area contributed by atoms with Gasteiger partial charge in [-0.1, -0.05) is 0 Å². The molecular formula is C29H32F3N7O4. The first-order valence-electron chi connectivity index (χ1n) is 14.0. The van der Waals surface area contributed by atoms with Crippen molar-refractivity contribution in [2.75, 3.05) is 18.5 Å². The van der Waals surface area contributed by atoms with Gasteiger partial charge in [0.2, 0.25) is 0 Å². The van der Waals surface area contributed by atoms with Crippen LogP contribution in [-0.4, -0.2) is 78.4 Å². The van der Waals surface area contributed by atoms with Gasteiger partial charge in [0.15, 0.2) is 11.5 Å². The van der Waals surface area contributed by atoms with Crippen LogP contribution in [0.1, 0.15) is 42.9 Å². The maximum atomic E-state index is 13.3. The van der Waals surface area contributed by atoms with Crippen molar-refractivity contribution in [1.29, 1.82) is 0 Å². The van der Waals surface area contributed by atoms with E-state index in [1.165, 1.54) is 20.0 Å². The monoisotopic (exact) mass is 599 g/mol. The van der Waals surface area contributed by atoms with Gasteiger partial charge >= 0.3 is 6.18 Å². The number of ketones is 1. The van der Waals surface area contributed by atoms with Crippen LogP contribution >= 0.6 is 0 Å². The van der Waals surface area contributed by atoms with Crippen LogP contribution in [0, 0.1) is 6.92 Å². The number of halogens is 3. The number of rotatable bonds is 8. The van der Waals surface area contributed by atoms with Crippen molar-refractivity contribution in [3.8, 4) is 16.9 Å². The van der Waals surface area contributed by atoms with E-state index in [0.717, 1.165) is 34.3 Å². The van der Waals surface area contributed by atoms with Crippen molar-refractivity contribution < 1.29 is 32.5 Å². The summed E-state index contributed by atoms with van der Waals surface area (Å²) in [5, 5.41) is 24.7. The van der Waals surface area contributed by atoms with Crippen molar-refractivity contribution >= 4 is 22.8 Å². The van der Waals surface area contributed by atoms with E-state index >= 15 is 0 Å². The number of fused-ring (bicyclic) bond motifs is 3. The van der Waals surface area contributed by atoms with E-state index in [4.69, 9.17) is 9.47 Å². The van der Waals surface area contributed by atoms with Crippen LogP contribution in [0.25, 0.3) is 16.6 Å². The quantitative estimate of drug-likeness (QED) is 0.257. The molecule has 0 saturated carbocycles. The Balaban J connectivity index is 1.28. The van der Waals surface area contributed by atoms with Gasteiger partial charge in [0.1, 0.15) is 11.9 Å². The number of ether oxygens (including phenoxy) is 2. The van der Waals surface area contributed by atoms with Gasteiger partial charge in [-0.15, -0.1) is 0 Å². The lowest BCUT2D eigenvalue weighted by molar-refractivity contribution is -0.0888. The first kappa shape index (κ1) is 29.1. The highest BCUT2D eigenvalue weighted by atomic mass is 19.4. The highest BCUT2D eigenvalue weighted by molar-refractivity contribution is 6.03. The van der Waals surface area contributed by atoms with E-state index in [1.54, 1.807) is 23.0 Å². The number of hydrogen-bond acceptors (Lipinski definition) is 9. The summed E-state index contributed by atoms with van der Waals surface area (Å²) in [6.45, 7) is 6.07. The van der Waals surface area contributed by atoms with E-state index in [1.807, 2.05) is 25.1 Å². The first-order chi connectivity index (χ1) is 20.3. The third-order valence-electron chi connectivity index (χ3n) is 7.32. The molecule has 0 amide bonds. The third kappa shape index (κ3) is 6.50. The zero-order valence-corrected chi connectivity index (χ0v) is 23.9. The van der Waals surface area contributed by atoms with Gasteiger partial charge in [0.25, 0.3) is 5.78 Å². The third-order valence-corrected chi connectivity index (χ3v) is 7.32. The molecule has 4 aromatic rings. The standard InChI is InChI=1S/C29H32F3N7O4/c1-16-6-22(24(11-33-16)43-21-8-18-13-42-14-19(9-21)34-18)17-4-5-39-20(7-17)10-25(36-39)35-23-12-38(15-28(2,3)41)37-26(23)27(40)29(30,31)32/h4-7,10-12,18-19,21,34,41H,8-9,13-15H2,1-3H3,(H,35,36)/t18-,19+,21?. The molecule has 3 atom stereocenters. The van der Waals surface area contributed by atoms with Gasteiger partial charge < -0.3 is 25.2 Å². The Labute approximate surface area is 245 Å². The predicted molar refractivity (Wildman–Crippen MR) is 151 cm³/mol. The van der Waals surface area contributed by atoms with Gasteiger partial charge in [-0.2, -0.15) is 23.4 Å². The zero-order valence-electron chi connectivity index (χ0n) is 23.9. The summed E-state index contributed by atoms with van der Waals surface area (Å²) >= 11 is 0. The molecule has 1 unspecified atom stereocenters. The molecule has 3 N–H and O–H groups in total. The smallest absolute Gasteiger partial charge is 0.456 e. The molecule has 43 heavy (non-hydrogen) atoms. The molecule has 11 nitrogen and oxygen atoms in total. The van der Waals surface area contributed by atoms with Crippen LogP contribution in [0.15, 0.2) is 42.9 Å². The highest BCUT2D eigenvalue weighted by Gasteiger charge is 2.42. The Bertz CT molecular complexity index is 1650. The minimum absolute atomic E-state index is 0.0174. The number of morpholine rings is 1. The average Bonchev–Trinajstić information content (AvgIpc) is 3.50. The Kier molecular flexibility index (Phi) is 7.39. The lowest BCUT2D eigenvalue weighted by Gasteiger charge is -2.40. The second kappa shape index (κ2) is 10.9. The molecule has 2 aliphatic heterocycles. The number of aryl methyl sites for hydroxylation is 1. The number of aliphatic hydroxyl groups is 1. The number of aromatic nitrogens is 5. The number of nitrogens with zero attached hydrogens (tertiary/aromatic N) is 5. The molecule has 14 heteroatoms. The van der Waals surface area contributed by atoms with Crippen molar-refractivity contribution in [3.63, 3.8) is 0 Å². The first-order valence-corrected chi connectivity index (χ1v) is 14.0. The van der Waals surface area contributed by atoms with Crippen molar-refractivity contribution in [2.45, 2.75) is 70.1 Å². The number of nitrogens with one attached hydrogen (secondary N) is 2. The Morgan fingerprint density at radius 1 is 1.19 bits per heavy atom. The predicted octanol–water partition coefficient (Wildman–Crippen LogP) is 4.06. The summed E-state index contributed by atoms with van der Waals surface area (Å²) in [6, 6.07) is 7.88. The van der Waals surface area contributed by atoms with E-state index in [0.29, 0.717) is 24.5 Å². The molecule has 0 aliphatic carbocycles. The molecule has 6 heterocycles. The number of pyridine rings is 2. The van der Waals surface area contributed by atoms with Crippen LogP contribution in [0.3, 0.4) is 0 Å². The van der Waals surface area contributed by atoms with Crippen molar-refractivity contribution in [2.24, 2.45) is 0 Å². The lowest BCUT2D eigenvalue weighted by atomic mass is 9.94. The summed E-state index contributed by atoms with van der Waals surface area (Å²) in [6.07, 6.45) is 1.26. The molecule has 2 bridgehead atoms. The summed E-state index contributed by atoms with van der Waals surface area (Å²) in [5.41, 5.74) is 0.931. The molecular weight excluding hydrogens is 567 g/mol. The summed E-state index contributed by atoms with van der Waals surface area (Å²) in [4.78, 5) is 16.6. The summed E-state index contributed by atoms with van der Waals surface area (Å²) in [7, 11) is 0. The van der Waals surface area contributed by atoms with Gasteiger partial charge in [0.05, 0.1) is 42.8 Å². The van der Waals surface area contributed by atoms with Gasteiger partial charge in [-0.3, -0.25) is 14.5 Å². The van der Waals surface area contributed by atoms with E-state index in [2.05, 4.69) is 25.8 Å². The van der Waals surface area contributed by atoms with E-state index < -0.39 is 23.3 Å². The fourth-order valence-corrected chi connectivity index (χ4v) is 5.58. The maximum Gasteiger partial charge on any atom is 0.456 e. The van der Waals surface area contributed by atoms with Crippen LogP contribution in [0.2, 0.25) is 0 Å². The number of alkyl halides is 3. The number of anilines is 2. The van der Waals surface area contributed by atoms with Crippen LogP contribution < -0.4 is 15.4 Å². The SMILES string of the molecule is Cc1cc(-c2ccn3nc(Nc4cn(CC(C)(C)O)nc4C(=O)C(F)(F)F)cc3c2)c(OC2C[C@H]3COC[C@@H](C2)N3)cn1. The fourth-order valence-electron chi connectivity index (χ4n) is 5.58. The number of hydrogen-bond donors (Lipinski definition) is 3. The molecule has 2 fully saturated rings. The largest absolute Gasteiger partial charge is 0.488 e. The van der Waals surface area contributed by atoms with Gasteiger partial charge in [0, 0.05) is 54.6 Å². The Hall–Kier alpha value is -4.01. The van der Waals surface area contributed by atoms with Crippen LogP contribution in [0.4, 0.5) is 24.7 Å². The number of carbonyl (C=O) groups excluding carboxylic acids is 1. The van der Waals surface area contributed by atoms with Crippen molar-refractivity contribution in [1.82, 2.24) is 29.7 Å².